The van der Waals surface area contributed by atoms with Crippen molar-refractivity contribution in [1.29, 1.82) is 0 Å². The Balaban J connectivity index is 1.65. The molecule has 176 valence electrons. The number of nitrogens with two attached hydrogens (primary N) is 1. The summed E-state index contributed by atoms with van der Waals surface area (Å²) in [5.41, 5.74) is 0.336. The van der Waals surface area contributed by atoms with Crippen LogP contribution in [0.4, 0.5) is 18.9 Å². The largest absolute Gasteiger partial charge is 0.433 e. The van der Waals surface area contributed by atoms with Gasteiger partial charge < -0.3 is 5.32 Å². The fourth-order valence-electron chi connectivity index (χ4n) is 4.29. The van der Waals surface area contributed by atoms with Gasteiger partial charge in [0.15, 0.2) is 0 Å². The standard InChI is InChI=1S/C22H22ClF3N4O2S/c23-16-6-7-19-18(11-16)20(12-21(29-19)22(24,25)26)28-13-17-10-15(14-4-2-1-3-5-14)8-9-30(17)33(27,31)32/h1-7,11-12,15,17H,8-10,13H2,(H,28,29)(H2,27,31,32). The van der Waals surface area contributed by atoms with E-state index in [1.807, 2.05) is 30.3 Å². The van der Waals surface area contributed by atoms with Crippen molar-refractivity contribution in [2.75, 3.05) is 18.4 Å². The van der Waals surface area contributed by atoms with Gasteiger partial charge in [-0.3, -0.25) is 0 Å². The van der Waals surface area contributed by atoms with Crippen LogP contribution in [0.25, 0.3) is 10.9 Å². The van der Waals surface area contributed by atoms with E-state index in [1.165, 1.54) is 22.5 Å². The molecule has 0 spiro atoms. The molecule has 2 unspecified atom stereocenters. The molecule has 2 aromatic carbocycles. The molecule has 1 aliphatic rings. The Hall–Kier alpha value is -2.40. The minimum Gasteiger partial charge on any atom is -0.383 e. The van der Waals surface area contributed by atoms with Crippen LogP contribution in [0.1, 0.15) is 30.0 Å². The van der Waals surface area contributed by atoms with Crippen molar-refractivity contribution in [2.24, 2.45) is 5.14 Å². The Bertz CT molecular complexity index is 1260. The number of rotatable bonds is 5. The fraction of sp³-hybridized carbons (Fsp3) is 0.318. The molecule has 2 heterocycles. The lowest BCUT2D eigenvalue weighted by Gasteiger charge is -2.38. The molecule has 1 aliphatic heterocycles. The van der Waals surface area contributed by atoms with Gasteiger partial charge in [-0.1, -0.05) is 41.9 Å². The number of halogens is 4. The molecule has 3 aromatic rings. The maximum atomic E-state index is 13.4. The van der Waals surface area contributed by atoms with Gasteiger partial charge in [0.1, 0.15) is 5.69 Å². The minimum absolute atomic E-state index is 0.0721. The number of fused-ring (bicyclic) bond motifs is 1. The molecule has 0 saturated carbocycles. The summed E-state index contributed by atoms with van der Waals surface area (Å²) in [7, 11) is -3.99. The van der Waals surface area contributed by atoms with Gasteiger partial charge in [0.25, 0.3) is 10.2 Å². The van der Waals surface area contributed by atoms with Crippen LogP contribution in [0.2, 0.25) is 5.02 Å². The normalized spacial score (nSPS) is 20.2. The molecule has 0 bridgehead atoms. The van der Waals surface area contributed by atoms with E-state index in [2.05, 4.69) is 10.3 Å². The molecular weight excluding hydrogens is 477 g/mol. The third-order valence-electron chi connectivity index (χ3n) is 5.85. The highest BCUT2D eigenvalue weighted by Crippen LogP contribution is 2.36. The lowest BCUT2D eigenvalue weighted by Crippen LogP contribution is -2.51. The van der Waals surface area contributed by atoms with Gasteiger partial charge in [0.05, 0.1) is 5.52 Å². The van der Waals surface area contributed by atoms with Crippen LogP contribution < -0.4 is 10.5 Å². The number of pyridine rings is 1. The predicted octanol–water partition coefficient (Wildman–Crippen LogP) is 4.77. The van der Waals surface area contributed by atoms with Crippen LogP contribution >= 0.6 is 11.6 Å². The fourth-order valence-corrected chi connectivity index (χ4v) is 5.40. The molecule has 2 atom stereocenters. The molecule has 33 heavy (non-hydrogen) atoms. The average Bonchev–Trinajstić information content (AvgIpc) is 2.76. The van der Waals surface area contributed by atoms with Gasteiger partial charge in [0, 0.05) is 35.2 Å². The van der Waals surface area contributed by atoms with Gasteiger partial charge in [-0.15, -0.1) is 0 Å². The highest BCUT2D eigenvalue weighted by atomic mass is 35.5. The predicted molar refractivity (Wildman–Crippen MR) is 122 cm³/mol. The summed E-state index contributed by atoms with van der Waals surface area (Å²) in [4.78, 5) is 3.70. The molecule has 0 amide bonds. The molecule has 0 radical (unpaired) electrons. The first-order valence-corrected chi connectivity index (χ1v) is 12.2. The maximum absolute atomic E-state index is 13.4. The first kappa shape index (κ1) is 23.7. The SMILES string of the molecule is NS(=O)(=O)N1CCC(c2ccccc2)CC1CNc1cc(C(F)(F)F)nc2ccc(Cl)cc12. The highest BCUT2D eigenvalue weighted by Gasteiger charge is 2.36. The van der Waals surface area contributed by atoms with E-state index in [1.54, 1.807) is 0 Å². The quantitative estimate of drug-likeness (QED) is 0.530. The van der Waals surface area contributed by atoms with E-state index in [4.69, 9.17) is 16.7 Å². The molecule has 3 N–H and O–H groups in total. The summed E-state index contributed by atoms with van der Waals surface area (Å²) in [5, 5.41) is 9.21. The summed E-state index contributed by atoms with van der Waals surface area (Å²) < 4.78 is 65.8. The van der Waals surface area contributed by atoms with Gasteiger partial charge in [-0.2, -0.15) is 25.9 Å². The van der Waals surface area contributed by atoms with E-state index >= 15 is 0 Å². The Morgan fingerprint density at radius 2 is 1.88 bits per heavy atom. The number of alkyl halides is 3. The first-order valence-electron chi connectivity index (χ1n) is 10.3. The van der Waals surface area contributed by atoms with Crippen molar-refractivity contribution < 1.29 is 21.6 Å². The van der Waals surface area contributed by atoms with Gasteiger partial charge in [-0.25, -0.2) is 10.1 Å². The smallest absolute Gasteiger partial charge is 0.383 e. The Morgan fingerprint density at radius 1 is 1.15 bits per heavy atom. The van der Waals surface area contributed by atoms with E-state index in [9.17, 15) is 21.6 Å². The molecule has 1 aromatic heterocycles. The molecule has 1 saturated heterocycles. The number of benzene rings is 2. The summed E-state index contributed by atoms with van der Waals surface area (Å²) in [5.74, 6) is 0.102. The van der Waals surface area contributed by atoms with Crippen molar-refractivity contribution in [3.63, 3.8) is 0 Å². The van der Waals surface area contributed by atoms with Crippen molar-refractivity contribution in [1.82, 2.24) is 9.29 Å². The first-order chi connectivity index (χ1) is 15.5. The maximum Gasteiger partial charge on any atom is 0.433 e. The Morgan fingerprint density at radius 3 is 2.55 bits per heavy atom. The molecule has 11 heteroatoms. The van der Waals surface area contributed by atoms with Gasteiger partial charge in [-0.05, 0) is 48.6 Å². The van der Waals surface area contributed by atoms with E-state index < -0.39 is 28.1 Å². The van der Waals surface area contributed by atoms with Crippen LogP contribution in [-0.4, -0.2) is 36.8 Å². The third-order valence-corrected chi connectivity index (χ3v) is 7.22. The van der Waals surface area contributed by atoms with Crippen LogP contribution in [0.15, 0.2) is 54.6 Å². The lowest BCUT2D eigenvalue weighted by atomic mass is 9.86. The zero-order valence-corrected chi connectivity index (χ0v) is 19.0. The molecule has 0 aliphatic carbocycles. The van der Waals surface area contributed by atoms with Gasteiger partial charge >= 0.3 is 6.18 Å². The van der Waals surface area contributed by atoms with Crippen molar-refractivity contribution in [3.05, 3.63) is 70.9 Å². The topological polar surface area (TPSA) is 88.3 Å². The number of hydrogen-bond donors (Lipinski definition) is 2. The summed E-state index contributed by atoms with van der Waals surface area (Å²) in [6.45, 7) is 0.296. The molecular formula is C22H22ClF3N4O2S. The van der Waals surface area contributed by atoms with E-state index in [0.717, 1.165) is 11.6 Å². The second-order valence-electron chi connectivity index (χ2n) is 8.04. The molecule has 1 fully saturated rings. The zero-order chi connectivity index (χ0) is 23.8. The van der Waals surface area contributed by atoms with E-state index in [0.29, 0.717) is 23.3 Å². The van der Waals surface area contributed by atoms with Crippen LogP contribution in [-0.2, 0) is 16.4 Å². The number of anilines is 1. The van der Waals surface area contributed by atoms with E-state index in [-0.39, 0.29) is 30.2 Å². The second-order valence-corrected chi connectivity index (χ2v) is 9.97. The van der Waals surface area contributed by atoms with Crippen LogP contribution in [0, 0.1) is 0 Å². The summed E-state index contributed by atoms with van der Waals surface area (Å²) in [6, 6.07) is 14.5. The highest BCUT2D eigenvalue weighted by molar-refractivity contribution is 7.86. The average molecular weight is 499 g/mol. The Kier molecular flexibility index (Phi) is 6.54. The number of nitrogens with zero attached hydrogens (tertiary/aromatic N) is 2. The summed E-state index contributed by atoms with van der Waals surface area (Å²) >= 11 is 6.06. The number of nitrogens with one attached hydrogen (secondary N) is 1. The molecule has 6 nitrogen and oxygen atoms in total. The zero-order valence-electron chi connectivity index (χ0n) is 17.4. The molecule has 4 rings (SSSR count). The number of piperidine rings is 1. The number of hydrogen-bond acceptors (Lipinski definition) is 4. The van der Waals surface area contributed by atoms with Gasteiger partial charge in [0.2, 0.25) is 0 Å². The van der Waals surface area contributed by atoms with Crippen LogP contribution in [0.3, 0.4) is 0 Å². The van der Waals surface area contributed by atoms with Crippen molar-refractivity contribution in [3.8, 4) is 0 Å². The van der Waals surface area contributed by atoms with Crippen molar-refractivity contribution in [2.45, 2.75) is 31.0 Å². The van der Waals surface area contributed by atoms with Crippen LogP contribution in [0.5, 0.6) is 0 Å². The minimum atomic E-state index is -4.64. The summed E-state index contributed by atoms with van der Waals surface area (Å²) in [6.07, 6.45) is -3.56. The monoisotopic (exact) mass is 498 g/mol. The van der Waals surface area contributed by atoms with Crippen molar-refractivity contribution >= 4 is 38.4 Å². The number of aromatic nitrogens is 1. The Labute approximate surface area is 194 Å². The lowest BCUT2D eigenvalue weighted by molar-refractivity contribution is -0.140. The third kappa shape index (κ3) is 5.40. The second kappa shape index (κ2) is 9.09.